The highest BCUT2D eigenvalue weighted by molar-refractivity contribution is 5.80. The first-order chi connectivity index (χ1) is 4.67. The zero-order valence-electron chi connectivity index (χ0n) is 5.87. The molecule has 3 atom stereocenters. The molecule has 0 heterocycles. The maximum atomic E-state index is 10.7. The van der Waals surface area contributed by atoms with Crippen molar-refractivity contribution in [2.45, 2.75) is 13.3 Å². The molecule has 0 aromatic carbocycles. The minimum atomic E-state index is -0.633. The molecule has 0 aliphatic heterocycles. The summed E-state index contributed by atoms with van der Waals surface area (Å²) < 4.78 is 0. The number of carbonyl (C=O) groups is 1. The fourth-order valence-electron chi connectivity index (χ4n) is 2.04. The standard InChI is InChI=1S/C8H10O2/c1-8(7(9)10)5-3-2-4-6(5)8/h2-3,5-6H,4H2,1H3,(H,9,10)/t5-,6+,8+/m0/s1. The van der Waals surface area contributed by atoms with Gasteiger partial charge in [-0.05, 0) is 25.2 Å². The zero-order chi connectivity index (χ0) is 7.35. The largest absolute Gasteiger partial charge is 0.481 e. The van der Waals surface area contributed by atoms with Gasteiger partial charge < -0.3 is 5.11 Å². The van der Waals surface area contributed by atoms with Crippen LogP contribution >= 0.6 is 0 Å². The number of aliphatic carboxylic acids is 1. The summed E-state index contributed by atoms with van der Waals surface area (Å²) in [5.41, 5.74) is -0.408. The van der Waals surface area contributed by atoms with Crippen LogP contribution in [0.3, 0.4) is 0 Å². The molecule has 2 aliphatic carbocycles. The Kier molecular flexibility index (Phi) is 0.858. The molecule has 1 fully saturated rings. The minimum Gasteiger partial charge on any atom is -0.481 e. The number of allylic oxidation sites excluding steroid dienone is 2. The van der Waals surface area contributed by atoms with Gasteiger partial charge in [0.1, 0.15) is 0 Å². The Morgan fingerprint density at radius 1 is 1.80 bits per heavy atom. The van der Waals surface area contributed by atoms with Crippen molar-refractivity contribution in [3.8, 4) is 0 Å². The van der Waals surface area contributed by atoms with Crippen LogP contribution in [0.1, 0.15) is 13.3 Å². The lowest BCUT2D eigenvalue weighted by molar-refractivity contribution is -0.143. The zero-order valence-corrected chi connectivity index (χ0v) is 5.87. The van der Waals surface area contributed by atoms with E-state index in [1.54, 1.807) is 0 Å². The molecular weight excluding hydrogens is 128 g/mol. The summed E-state index contributed by atoms with van der Waals surface area (Å²) in [6.45, 7) is 1.84. The van der Waals surface area contributed by atoms with E-state index in [-0.39, 0.29) is 0 Å². The smallest absolute Gasteiger partial charge is 0.310 e. The van der Waals surface area contributed by atoms with Crippen LogP contribution in [0, 0.1) is 17.3 Å². The van der Waals surface area contributed by atoms with Crippen molar-refractivity contribution in [1.29, 1.82) is 0 Å². The Balaban J connectivity index is 2.24. The molecule has 2 rings (SSSR count). The van der Waals surface area contributed by atoms with Gasteiger partial charge in [0, 0.05) is 0 Å². The maximum absolute atomic E-state index is 10.7. The van der Waals surface area contributed by atoms with E-state index >= 15 is 0 Å². The van der Waals surface area contributed by atoms with E-state index in [4.69, 9.17) is 5.11 Å². The van der Waals surface area contributed by atoms with Gasteiger partial charge in [0.05, 0.1) is 5.41 Å². The molecule has 10 heavy (non-hydrogen) atoms. The molecule has 0 spiro atoms. The Bertz CT molecular complexity index is 219. The normalized spacial score (nSPS) is 48.9. The summed E-state index contributed by atoms with van der Waals surface area (Å²) in [6, 6.07) is 0. The average molecular weight is 138 g/mol. The van der Waals surface area contributed by atoms with Crippen molar-refractivity contribution in [2.75, 3.05) is 0 Å². The second kappa shape index (κ2) is 1.44. The third-order valence-corrected chi connectivity index (χ3v) is 2.98. The number of carboxylic acid groups (broad SMARTS) is 1. The summed E-state index contributed by atoms with van der Waals surface area (Å²) in [5.74, 6) is 0.113. The first-order valence-electron chi connectivity index (χ1n) is 3.57. The lowest BCUT2D eigenvalue weighted by Gasteiger charge is -2.04. The quantitative estimate of drug-likeness (QED) is 0.554. The van der Waals surface area contributed by atoms with Crippen molar-refractivity contribution in [3.05, 3.63) is 12.2 Å². The van der Waals surface area contributed by atoms with Crippen molar-refractivity contribution in [1.82, 2.24) is 0 Å². The summed E-state index contributed by atoms with van der Waals surface area (Å²) in [7, 11) is 0. The molecule has 0 bridgehead atoms. The van der Waals surface area contributed by atoms with Crippen LogP contribution in [-0.4, -0.2) is 11.1 Å². The number of fused-ring (bicyclic) bond motifs is 1. The van der Waals surface area contributed by atoms with E-state index in [9.17, 15) is 4.79 Å². The van der Waals surface area contributed by atoms with Gasteiger partial charge >= 0.3 is 5.97 Å². The second-order valence-corrected chi connectivity index (χ2v) is 3.38. The molecule has 54 valence electrons. The first kappa shape index (κ1) is 5.96. The molecule has 2 aliphatic rings. The molecule has 0 aromatic heterocycles. The van der Waals surface area contributed by atoms with Crippen molar-refractivity contribution in [3.63, 3.8) is 0 Å². The van der Waals surface area contributed by atoms with Gasteiger partial charge in [-0.25, -0.2) is 0 Å². The van der Waals surface area contributed by atoms with Crippen LogP contribution in [0.5, 0.6) is 0 Å². The summed E-state index contributed by atoms with van der Waals surface area (Å²) in [5, 5.41) is 8.78. The maximum Gasteiger partial charge on any atom is 0.310 e. The van der Waals surface area contributed by atoms with Gasteiger partial charge in [-0.2, -0.15) is 0 Å². The highest BCUT2D eigenvalue weighted by atomic mass is 16.4. The van der Waals surface area contributed by atoms with Crippen LogP contribution in [0.4, 0.5) is 0 Å². The number of hydrogen-bond acceptors (Lipinski definition) is 1. The number of carboxylic acids is 1. The first-order valence-corrected chi connectivity index (χ1v) is 3.57. The molecule has 2 nitrogen and oxygen atoms in total. The van der Waals surface area contributed by atoms with Gasteiger partial charge in [0.2, 0.25) is 0 Å². The Morgan fingerprint density at radius 2 is 2.50 bits per heavy atom. The van der Waals surface area contributed by atoms with Gasteiger partial charge in [0.15, 0.2) is 0 Å². The number of hydrogen-bond donors (Lipinski definition) is 1. The van der Waals surface area contributed by atoms with Gasteiger partial charge in [-0.15, -0.1) is 0 Å². The Hall–Kier alpha value is -0.790. The molecule has 1 saturated carbocycles. The lowest BCUT2D eigenvalue weighted by Crippen LogP contribution is -2.15. The molecule has 0 saturated heterocycles. The third-order valence-electron chi connectivity index (χ3n) is 2.98. The number of rotatable bonds is 1. The van der Waals surface area contributed by atoms with Gasteiger partial charge in [-0.3, -0.25) is 4.79 Å². The van der Waals surface area contributed by atoms with Crippen LogP contribution < -0.4 is 0 Å². The predicted octanol–water partition coefficient (Wildman–Crippen LogP) is 1.28. The molecule has 0 radical (unpaired) electrons. The van der Waals surface area contributed by atoms with Crippen LogP contribution in [0.25, 0.3) is 0 Å². The van der Waals surface area contributed by atoms with Crippen molar-refractivity contribution >= 4 is 5.97 Å². The molecular formula is C8H10O2. The van der Waals surface area contributed by atoms with Crippen LogP contribution in [0.2, 0.25) is 0 Å². The van der Waals surface area contributed by atoms with E-state index in [1.807, 2.05) is 13.0 Å². The lowest BCUT2D eigenvalue weighted by atomic mass is 10.0. The van der Waals surface area contributed by atoms with Crippen LogP contribution in [-0.2, 0) is 4.79 Å². The summed E-state index contributed by atoms with van der Waals surface area (Å²) in [4.78, 5) is 10.7. The average Bonchev–Trinajstić information content (AvgIpc) is 2.28. The fraction of sp³-hybridized carbons (Fsp3) is 0.625. The molecule has 1 N–H and O–H groups in total. The fourth-order valence-corrected chi connectivity index (χ4v) is 2.04. The molecule has 0 aromatic rings. The van der Waals surface area contributed by atoms with E-state index in [0.717, 1.165) is 6.42 Å². The summed E-state index contributed by atoms with van der Waals surface area (Å²) >= 11 is 0. The monoisotopic (exact) mass is 138 g/mol. The van der Waals surface area contributed by atoms with E-state index in [0.29, 0.717) is 11.8 Å². The van der Waals surface area contributed by atoms with Crippen molar-refractivity contribution in [2.24, 2.45) is 17.3 Å². The minimum absolute atomic E-state index is 0.338. The van der Waals surface area contributed by atoms with Gasteiger partial charge in [0.25, 0.3) is 0 Å². The topological polar surface area (TPSA) is 37.3 Å². The highest BCUT2D eigenvalue weighted by Gasteiger charge is 2.66. The summed E-state index contributed by atoms with van der Waals surface area (Å²) in [6.07, 6.45) is 5.09. The predicted molar refractivity (Wildman–Crippen MR) is 36.5 cm³/mol. The van der Waals surface area contributed by atoms with E-state index in [2.05, 4.69) is 6.08 Å². The Labute approximate surface area is 59.5 Å². The van der Waals surface area contributed by atoms with Gasteiger partial charge in [-0.1, -0.05) is 12.2 Å². The molecule has 0 unspecified atom stereocenters. The third kappa shape index (κ3) is 0.437. The molecule has 0 amide bonds. The molecule has 2 heteroatoms. The Morgan fingerprint density at radius 3 is 2.80 bits per heavy atom. The second-order valence-electron chi connectivity index (χ2n) is 3.38. The van der Waals surface area contributed by atoms with Crippen molar-refractivity contribution < 1.29 is 9.90 Å². The van der Waals surface area contributed by atoms with E-state index in [1.165, 1.54) is 0 Å². The van der Waals surface area contributed by atoms with Crippen LogP contribution in [0.15, 0.2) is 12.2 Å². The highest BCUT2D eigenvalue weighted by Crippen LogP contribution is 2.64. The van der Waals surface area contributed by atoms with E-state index < -0.39 is 11.4 Å². The SMILES string of the molecule is C[C@]1(C(=O)O)[C@@H]2CC=C[C@@H]21.